The van der Waals surface area contributed by atoms with Crippen molar-refractivity contribution in [3.63, 3.8) is 0 Å². The number of rotatable bonds is 15. The summed E-state index contributed by atoms with van der Waals surface area (Å²) in [6.45, 7) is 2.50. The van der Waals surface area contributed by atoms with Crippen LogP contribution in [-0.2, 0) is 70.4 Å². The second-order valence-electron chi connectivity index (χ2n) is 30.9. The van der Waals surface area contributed by atoms with Gasteiger partial charge < -0.3 is 60.0 Å². The summed E-state index contributed by atoms with van der Waals surface area (Å²) in [5.74, 6) is -8.95. The molecule has 1 aromatic rings. The van der Waals surface area contributed by atoms with E-state index in [1.165, 1.54) is 92.0 Å². The molecule has 7 atom stereocenters. The molecule has 588 valence electrons. The summed E-state index contributed by atoms with van der Waals surface area (Å²) in [6.07, 6.45) is 1.84. The number of carbonyl (C=O) groups excluding carboxylic acids is 12. The van der Waals surface area contributed by atoms with Crippen molar-refractivity contribution in [3.8, 4) is 0 Å². The number of nitrogens with zero attached hydrogens (tertiary/aromatic N) is 9. The standard InChI is InChI=1S/C75H114ClF5N12O12/c1-48(2)40-57-66(98)83-54(28-17-18-30-60(77)78)68(100)87(5)46-63(96)85(3)47-64(97)89(7)58(42-49-24-13-10-14-25-49)70(102)86(4)45-61(94)82-55(34-32-50-31-33-52(53(76)41-50)44-75(79,80)81)69(101)93-39-23-29-56(93)67(99)84-74(35-19-20-36-74)73(105)91(9)65(51-26-15-11-16-27-51)72(104)90(8)59(43-62(95)88(57)6)71(103)92-37-21-12-22-38-92/h31,33,41,48-49,51,54-60,65H,10-30,32,34-40,42-47H2,1-9H3,(H,82,94)(H,83,98)(H,84,99)/t54-,55-,56-,57-,58-,59-,65-/m0/s1. The fraction of sp³-hybridized carbons (Fsp3) is 0.760. The minimum Gasteiger partial charge on any atom is -0.343 e. The number of halogens is 6. The average Bonchev–Trinajstić information content (AvgIpc) is 1.74. The maximum absolute atomic E-state index is 15.8. The fourth-order valence-corrected chi connectivity index (χ4v) is 16.5. The molecule has 24 nitrogen and oxygen atoms in total. The Kier molecular flexibility index (Phi) is 31.6. The van der Waals surface area contributed by atoms with Gasteiger partial charge in [0, 0.05) is 80.4 Å². The lowest BCUT2D eigenvalue weighted by molar-refractivity contribution is -0.157. The summed E-state index contributed by atoms with van der Waals surface area (Å²) in [4.78, 5) is 191. The molecule has 0 radical (unpaired) electrons. The molecule has 3 N–H and O–H groups in total. The van der Waals surface area contributed by atoms with Gasteiger partial charge in [-0.25, -0.2) is 8.78 Å². The number of likely N-dealkylation sites (N-methyl/N-ethyl adjacent to an activating group) is 7. The van der Waals surface area contributed by atoms with Gasteiger partial charge in [-0.1, -0.05) is 108 Å². The highest BCUT2D eigenvalue weighted by Gasteiger charge is 2.51. The number of amides is 12. The number of likely N-dealkylation sites (tertiary alicyclic amines) is 1. The number of hydrogen-bond acceptors (Lipinski definition) is 12. The molecule has 0 bridgehead atoms. The van der Waals surface area contributed by atoms with Crippen molar-refractivity contribution in [2.24, 2.45) is 17.8 Å². The number of benzene rings is 1. The lowest BCUT2D eigenvalue weighted by atomic mass is 9.81. The van der Waals surface area contributed by atoms with E-state index in [4.69, 9.17) is 11.6 Å². The molecule has 3 saturated heterocycles. The molecule has 3 heterocycles. The molecule has 6 aliphatic rings. The first-order valence-corrected chi connectivity index (χ1v) is 38.4. The minimum atomic E-state index is -4.56. The van der Waals surface area contributed by atoms with Gasteiger partial charge in [0.15, 0.2) is 0 Å². The monoisotopic (exact) mass is 1500 g/mol. The fourth-order valence-electron chi connectivity index (χ4n) is 16.3. The molecule has 3 aliphatic heterocycles. The van der Waals surface area contributed by atoms with E-state index in [0.717, 1.165) is 72.5 Å². The Morgan fingerprint density at radius 2 is 1.20 bits per heavy atom. The third-order valence-electron chi connectivity index (χ3n) is 22.5. The molecule has 1 spiro atoms. The molecule has 0 unspecified atom stereocenters. The van der Waals surface area contributed by atoms with Crippen LogP contribution >= 0.6 is 11.6 Å². The second kappa shape index (κ2) is 39.1. The zero-order valence-corrected chi connectivity index (χ0v) is 63.8. The Morgan fingerprint density at radius 1 is 0.600 bits per heavy atom. The highest BCUT2D eigenvalue weighted by Crippen LogP contribution is 2.38. The van der Waals surface area contributed by atoms with E-state index in [0.29, 0.717) is 63.6 Å². The quantitative estimate of drug-likeness (QED) is 0.115. The number of unbranched alkanes of at least 4 members (excludes halogenated alkanes) is 1. The molecule has 0 aromatic heterocycles. The van der Waals surface area contributed by atoms with E-state index in [1.54, 1.807) is 4.90 Å². The van der Waals surface area contributed by atoms with Crippen LogP contribution in [0.4, 0.5) is 22.0 Å². The molecule has 12 amide bonds. The van der Waals surface area contributed by atoms with Gasteiger partial charge in [-0.15, -0.1) is 0 Å². The molecule has 3 aliphatic carbocycles. The molecule has 3 saturated carbocycles. The van der Waals surface area contributed by atoms with Crippen molar-refractivity contribution in [1.29, 1.82) is 0 Å². The molecule has 1 aromatic carbocycles. The summed E-state index contributed by atoms with van der Waals surface area (Å²) in [7, 11) is 9.71. The van der Waals surface area contributed by atoms with E-state index in [9.17, 15) is 50.7 Å². The van der Waals surface area contributed by atoms with Crippen LogP contribution in [0.3, 0.4) is 0 Å². The van der Waals surface area contributed by atoms with Gasteiger partial charge in [0.25, 0.3) is 0 Å². The molecular weight excluding hydrogens is 1390 g/mol. The van der Waals surface area contributed by atoms with E-state index in [1.807, 2.05) is 13.8 Å². The highest BCUT2D eigenvalue weighted by atomic mass is 35.5. The summed E-state index contributed by atoms with van der Waals surface area (Å²) in [5.41, 5.74) is -1.34. The zero-order chi connectivity index (χ0) is 77.2. The second-order valence-corrected chi connectivity index (χ2v) is 31.4. The van der Waals surface area contributed by atoms with Crippen LogP contribution < -0.4 is 16.0 Å². The third kappa shape index (κ3) is 23.4. The average molecular weight is 1510 g/mol. The predicted octanol–water partition coefficient (Wildman–Crippen LogP) is 7.29. The zero-order valence-electron chi connectivity index (χ0n) is 63.0. The summed E-state index contributed by atoms with van der Waals surface area (Å²) in [6, 6.07) is -5.10. The first-order valence-electron chi connectivity index (χ1n) is 38.0. The lowest BCUT2D eigenvalue weighted by Gasteiger charge is -2.43. The first kappa shape index (κ1) is 85.1. The van der Waals surface area contributed by atoms with Crippen molar-refractivity contribution in [2.45, 2.75) is 260 Å². The van der Waals surface area contributed by atoms with Crippen LogP contribution in [0.15, 0.2) is 18.2 Å². The summed E-state index contributed by atoms with van der Waals surface area (Å²) >= 11 is 6.40. The maximum Gasteiger partial charge on any atom is 0.393 e. The van der Waals surface area contributed by atoms with Crippen LogP contribution in [0.5, 0.6) is 0 Å². The summed E-state index contributed by atoms with van der Waals surface area (Å²) in [5, 5.41) is 8.48. The largest absolute Gasteiger partial charge is 0.393 e. The van der Waals surface area contributed by atoms with Crippen molar-refractivity contribution in [3.05, 3.63) is 34.3 Å². The molecule has 6 fully saturated rings. The van der Waals surface area contributed by atoms with Gasteiger partial charge in [-0.3, -0.25) is 57.5 Å². The summed E-state index contributed by atoms with van der Waals surface area (Å²) < 4.78 is 67.7. The molecule has 7 rings (SSSR count). The van der Waals surface area contributed by atoms with E-state index in [-0.39, 0.29) is 93.2 Å². The SMILES string of the molecule is CC(C)C[C@H]1C(=O)N[C@@H](CCCCC(F)F)C(=O)N(C)CC(=O)N(C)CC(=O)N(C)[C@@H](CC2CCCCC2)C(=O)N(C)CC(=O)N[C@@H](CCc2ccc(CC(F)(F)F)c(Cl)c2)C(=O)N2CCC[C@H]2C(=O)NC2(CCCC2)C(=O)N(C)[C@@H](C2CCCCC2)C(=O)N(C)[C@H](C(=O)N2CCCCC2)CC(=O)N1C. The van der Waals surface area contributed by atoms with Gasteiger partial charge in [0.2, 0.25) is 77.3 Å². The topological polar surface area (TPSA) is 270 Å². The van der Waals surface area contributed by atoms with Gasteiger partial charge in [0.1, 0.15) is 47.8 Å². The maximum atomic E-state index is 15.8. The van der Waals surface area contributed by atoms with Crippen LogP contribution in [0.25, 0.3) is 0 Å². The Bertz CT molecular complexity index is 3220. The van der Waals surface area contributed by atoms with E-state index < -0.39 is 176 Å². The number of fused-ring (bicyclic) bond motifs is 1. The number of nitrogens with one attached hydrogen (secondary N) is 3. The van der Waals surface area contributed by atoms with Crippen LogP contribution in [0.1, 0.15) is 198 Å². The van der Waals surface area contributed by atoms with Gasteiger partial charge >= 0.3 is 6.18 Å². The van der Waals surface area contributed by atoms with E-state index in [2.05, 4.69) is 16.0 Å². The van der Waals surface area contributed by atoms with Crippen LogP contribution in [-0.4, -0.2) is 264 Å². The molecular formula is C75H114ClF5N12O12. The Balaban J connectivity index is 1.29. The number of alkyl halides is 5. The smallest absolute Gasteiger partial charge is 0.343 e. The lowest BCUT2D eigenvalue weighted by Crippen LogP contribution is -2.65. The van der Waals surface area contributed by atoms with Crippen molar-refractivity contribution in [1.82, 2.24) is 60.0 Å². The Hall–Kier alpha value is -7.20. The van der Waals surface area contributed by atoms with Crippen molar-refractivity contribution >= 4 is 82.5 Å². The molecule has 105 heavy (non-hydrogen) atoms. The Morgan fingerprint density at radius 3 is 1.82 bits per heavy atom. The first-order chi connectivity index (χ1) is 49.6. The number of hydrogen-bond donors (Lipinski definition) is 3. The Labute approximate surface area is 620 Å². The predicted molar refractivity (Wildman–Crippen MR) is 383 cm³/mol. The van der Waals surface area contributed by atoms with Gasteiger partial charge in [-0.05, 0) is 131 Å². The number of piperidine rings is 1. The van der Waals surface area contributed by atoms with Crippen LogP contribution in [0, 0.1) is 17.8 Å². The number of carbonyl (C=O) groups is 12. The van der Waals surface area contributed by atoms with E-state index >= 15 is 28.8 Å². The van der Waals surface area contributed by atoms with Crippen molar-refractivity contribution < 1.29 is 79.5 Å². The van der Waals surface area contributed by atoms with Gasteiger partial charge in [-0.2, -0.15) is 13.2 Å². The normalized spacial score (nSPS) is 26.0. The van der Waals surface area contributed by atoms with Crippen molar-refractivity contribution in [2.75, 3.05) is 88.6 Å². The van der Waals surface area contributed by atoms with Gasteiger partial charge in [0.05, 0.1) is 32.5 Å². The van der Waals surface area contributed by atoms with Crippen LogP contribution in [0.2, 0.25) is 5.02 Å². The molecule has 30 heteroatoms. The highest BCUT2D eigenvalue weighted by molar-refractivity contribution is 6.31. The third-order valence-corrected chi connectivity index (χ3v) is 22.9. The minimum absolute atomic E-state index is 0.00824. The number of aryl methyl sites for hydroxylation is 1.